The summed E-state index contributed by atoms with van der Waals surface area (Å²) in [5, 5.41) is 15.4. The number of carbonyl (C=O) groups excluding carboxylic acids is 2. The van der Waals surface area contributed by atoms with Gasteiger partial charge in [-0.15, -0.1) is 5.10 Å². The summed E-state index contributed by atoms with van der Waals surface area (Å²) in [5.74, 6) is -3.61. The molecule has 0 aliphatic rings. The molecule has 3 heterocycles. The van der Waals surface area contributed by atoms with E-state index in [9.17, 15) is 18.4 Å². The van der Waals surface area contributed by atoms with Crippen LogP contribution in [0.2, 0.25) is 0 Å². The van der Waals surface area contributed by atoms with Crippen LogP contribution in [0.5, 0.6) is 0 Å². The Hall–Kier alpha value is -4.64. The van der Waals surface area contributed by atoms with Crippen molar-refractivity contribution in [1.82, 2.24) is 25.5 Å². The zero-order chi connectivity index (χ0) is 27.3. The molecule has 4 aromatic rings. The highest BCUT2D eigenvalue weighted by Crippen LogP contribution is 2.30. The summed E-state index contributed by atoms with van der Waals surface area (Å²) in [6, 6.07) is 13.6. The molecule has 0 bridgehead atoms. The van der Waals surface area contributed by atoms with Crippen molar-refractivity contribution in [3.05, 3.63) is 83.9 Å². The summed E-state index contributed by atoms with van der Waals surface area (Å²) in [6.07, 6.45) is 4.19. The molecule has 0 saturated carbocycles. The van der Waals surface area contributed by atoms with Gasteiger partial charge >= 0.3 is 0 Å². The van der Waals surface area contributed by atoms with Gasteiger partial charge in [0.05, 0.1) is 18.4 Å². The molecular formula is C27H25F2N7O2. The van der Waals surface area contributed by atoms with Gasteiger partial charge in [-0.1, -0.05) is 6.07 Å². The second-order valence-electron chi connectivity index (χ2n) is 8.64. The number of aryl methyl sites for hydroxylation is 1. The van der Waals surface area contributed by atoms with E-state index < -0.39 is 17.4 Å². The number of carbonyl (C=O) groups is 2. The number of halogens is 2. The minimum absolute atomic E-state index is 0.162. The maximum atomic E-state index is 13.6. The number of alkyl halides is 2. The first kappa shape index (κ1) is 26.4. The number of aromatic nitrogens is 4. The Bertz CT molecular complexity index is 1490. The Morgan fingerprint density at radius 2 is 1.71 bits per heavy atom. The van der Waals surface area contributed by atoms with Gasteiger partial charge in [0.2, 0.25) is 5.91 Å². The van der Waals surface area contributed by atoms with Crippen LogP contribution in [-0.4, -0.2) is 45.6 Å². The Kier molecular flexibility index (Phi) is 7.77. The summed E-state index contributed by atoms with van der Waals surface area (Å²) < 4.78 is 27.3. The summed E-state index contributed by atoms with van der Waals surface area (Å²) in [4.78, 5) is 33.2. The predicted octanol–water partition coefficient (Wildman–Crippen LogP) is 4.43. The van der Waals surface area contributed by atoms with E-state index in [2.05, 4.69) is 36.1 Å². The standard InChI is InChI=1S/C27H25F2N7O2/c1-16-4-5-20(34-26(38)23-12-19(14-33-36-23)27(2,28)29)13-21(16)17-6-8-31-22(10-17)18-7-9-32-24(11-18)35-25(37)15-30-3/h4-14,30H,15H2,1-3H3,(H,34,38)(H,32,35,37). The van der Waals surface area contributed by atoms with Gasteiger partial charge in [0, 0.05) is 36.1 Å². The van der Waals surface area contributed by atoms with Gasteiger partial charge in [0.1, 0.15) is 5.82 Å². The second-order valence-corrected chi connectivity index (χ2v) is 8.64. The molecule has 3 aromatic heterocycles. The molecule has 0 atom stereocenters. The molecule has 0 aliphatic heterocycles. The van der Waals surface area contributed by atoms with Gasteiger partial charge < -0.3 is 16.0 Å². The van der Waals surface area contributed by atoms with Crippen LogP contribution in [0.3, 0.4) is 0 Å². The van der Waals surface area contributed by atoms with Crippen molar-refractivity contribution in [3.8, 4) is 22.4 Å². The van der Waals surface area contributed by atoms with E-state index in [1.165, 1.54) is 0 Å². The molecule has 0 spiro atoms. The molecule has 0 aliphatic carbocycles. The molecule has 9 nitrogen and oxygen atoms in total. The van der Waals surface area contributed by atoms with Crippen molar-refractivity contribution in [2.45, 2.75) is 19.8 Å². The van der Waals surface area contributed by atoms with Crippen molar-refractivity contribution in [2.24, 2.45) is 0 Å². The van der Waals surface area contributed by atoms with E-state index >= 15 is 0 Å². The van der Waals surface area contributed by atoms with Crippen LogP contribution < -0.4 is 16.0 Å². The number of benzene rings is 1. The summed E-state index contributed by atoms with van der Waals surface area (Å²) >= 11 is 0. The Labute approximate surface area is 217 Å². The Morgan fingerprint density at radius 3 is 2.47 bits per heavy atom. The molecule has 0 saturated heterocycles. The zero-order valence-electron chi connectivity index (χ0n) is 20.9. The number of hydrogen-bond acceptors (Lipinski definition) is 7. The van der Waals surface area contributed by atoms with Gasteiger partial charge in [0.25, 0.3) is 11.8 Å². The third-order valence-electron chi connectivity index (χ3n) is 5.62. The van der Waals surface area contributed by atoms with Crippen LogP contribution >= 0.6 is 0 Å². The maximum absolute atomic E-state index is 13.6. The SMILES string of the molecule is CNCC(=O)Nc1cc(-c2cc(-c3cc(NC(=O)c4cc(C(C)(F)F)cnn4)ccc3C)ccn2)ccn1. The number of nitrogens with one attached hydrogen (secondary N) is 3. The van der Waals surface area contributed by atoms with Crippen molar-refractivity contribution in [3.63, 3.8) is 0 Å². The van der Waals surface area contributed by atoms with Crippen LogP contribution in [0.4, 0.5) is 20.3 Å². The van der Waals surface area contributed by atoms with Crippen LogP contribution in [-0.2, 0) is 10.7 Å². The lowest BCUT2D eigenvalue weighted by molar-refractivity contribution is -0.115. The van der Waals surface area contributed by atoms with Crippen LogP contribution in [0, 0.1) is 6.92 Å². The quantitative estimate of drug-likeness (QED) is 0.316. The number of anilines is 2. The fourth-order valence-electron chi connectivity index (χ4n) is 3.69. The summed E-state index contributed by atoms with van der Waals surface area (Å²) in [7, 11) is 1.68. The molecule has 2 amide bonds. The smallest absolute Gasteiger partial charge is 0.276 e. The molecule has 0 unspecified atom stereocenters. The van der Waals surface area contributed by atoms with Crippen LogP contribution in [0.15, 0.2) is 67.1 Å². The Morgan fingerprint density at radius 1 is 0.947 bits per heavy atom. The minimum atomic E-state index is -3.14. The summed E-state index contributed by atoms with van der Waals surface area (Å²) in [6.45, 7) is 2.82. The fraction of sp³-hybridized carbons (Fsp3) is 0.185. The van der Waals surface area contributed by atoms with E-state index in [0.29, 0.717) is 17.2 Å². The number of nitrogens with zero attached hydrogens (tertiary/aromatic N) is 4. The summed E-state index contributed by atoms with van der Waals surface area (Å²) in [5.41, 5.74) is 3.90. The molecular weight excluding hydrogens is 492 g/mol. The van der Waals surface area contributed by atoms with Gasteiger partial charge in [-0.25, -0.2) is 13.8 Å². The molecule has 194 valence electrons. The molecule has 4 rings (SSSR count). The number of likely N-dealkylation sites (N-methyl/N-ethyl adjacent to an activating group) is 1. The largest absolute Gasteiger partial charge is 0.321 e. The highest BCUT2D eigenvalue weighted by molar-refractivity contribution is 6.03. The van der Waals surface area contributed by atoms with Crippen LogP contribution in [0.25, 0.3) is 22.4 Å². The van der Waals surface area contributed by atoms with Gasteiger partial charge in [-0.05, 0) is 73.1 Å². The number of hydrogen-bond donors (Lipinski definition) is 3. The fourth-order valence-corrected chi connectivity index (χ4v) is 3.69. The molecule has 11 heteroatoms. The van der Waals surface area contributed by atoms with Crippen molar-refractivity contribution >= 4 is 23.3 Å². The average molecular weight is 518 g/mol. The first-order chi connectivity index (χ1) is 18.1. The first-order valence-corrected chi connectivity index (χ1v) is 11.6. The lowest BCUT2D eigenvalue weighted by Crippen LogP contribution is -2.25. The number of rotatable bonds is 8. The van der Waals surface area contributed by atoms with Gasteiger partial charge in [-0.2, -0.15) is 5.10 Å². The molecule has 3 N–H and O–H groups in total. The van der Waals surface area contributed by atoms with E-state index in [1.807, 2.05) is 25.1 Å². The lowest BCUT2D eigenvalue weighted by Gasteiger charge is -2.13. The first-order valence-electron chi connectivity index (χ1n) is 11.6. The molecule has 1 aromatic carbocycles. The zero-order valence-corrected chi connectivity index (χ0v) is 20.9. The topological polar surface area (TPSA) is 122 Å². The van der Waals surface area contributed by atoms with E-state index in [0.717, 1.165) is 41.4 Å². The van der Waals surface area contributed by atoms with Gasteiger partial charge in [0.15, 0.2) is 5.69 Å². The normalized spacial score (nSPS) is 11.2. The molecule has 0 radical (unpaired) electrons. The average Bonchev–Trinajstić information content (AvgIpc) is 2.89. The number of pyridine rings is 2. The van der Waals surface area contributed by atoms with Crippen molar-refractivity contribution in [1.29, 1.82) is 0 Å². The second kappa shape index (κ2) is 11.2. The highest BCUT2D eigenvalue weighted by atomic mass is 19.3. The molecule has 0 fully saturated rings. The van der Waals surface area contributed by atoms with Crippen LogP contribution in [0.1, 0.15) is 28.5 Å². The third kappa shape index (κ3) is 6.37. The van der Waals surface area contributed by atoms with E-state index in [-0.39, 0.29) is 18.1 Å². The third-order valence-corrected chi connectivity index (χ3v) is 5.62. The lowest BCUT2D eigenvalue weighted by atomic mass is 9.99. The molecule has 38 heavy (non-hydrogen) atoms. The van der Waals surface area contributed by atoms with Crippen molar-refractivity contribution in [2.75, 3.05) is 24.2 Å². The van der Waals surface area contributed by atoms with E-state index in [4.69, 9.17) is 0 Å². The highest BCUT2D eigenvalue weighted by Gasteiger charge is 2.26. The number of amides is 2. The monoisotopic (exact) mass is 517 g/mol. The van der Waals surface area contributed by atoms with Gasteiger partial charge in [-0.3, -0.25) is 14.6 Å². The van der Waals surface area contributed by atoms with E-state index in [1.54, 1.807) is 43.7 Å². The minimum Gasteiger partial charge on any atom is -0.321 e. The Balaban J connectivity index is 1.59. The predicted molar refractivity (Wildman–Crippen MR) is 140 cm³/mol. The van der Waals surface area contributed by atoms with Crippen molar-refractivity contribution < 1.29 is 18.4 Å². The maximum Gasteiger partial charge on any atom is 0.276 e.